The molecule has 3 heterocycles. The summed E-state index contributed by atoms with van der Waals surface area (Å²) >= 11 is 0. The average molecular weight is 563 g/mol. The van der Waals surface area contributed by atoms with Crippen molar-refractivity contribution >= 4 is 11.6 Å². The molecule has 6 rings (SSSR count). The molecule has 1 aliphatic rings. The molecular weight excluding hydrogens is 527 g/mol. The molecule has 1 unspecified atom stereocenters. The number of aromatic nitrogens is 2. The summed E-state index contributed by atoms with van der Waals surface area (Å²) in [5.41, 5.74) is 4.58. The zero-order valence-electron chi connectivity index (χ0n) is 23.5. The number of likely N-dealkylation sites (tertiary alicyclic amines) is 1. The first-order valence-electron chi connectivity index (χ1n) is 14.6. The van der Waals surface area contributed by atoms with E-state index in [-0.39, 0.29) is 30.1 Å². The molecule has 1 aliphatic heterocycles. The molecule has 3 aromatic carbocycles. The molecule has 1 atom stereocenters. The van der Waals surface area contributed by atoms with Crippen molar-refractivity contribution < 1.29 is 13.9 Å². The van der Waals surface area contributed by atoms with Crippen LogP contribution in [0.15, 0.2) is 109 Å². The summed E-state index contributed by atoms with van der Waals surface area (Å²) in [6.07, 6.45) is 5.69. The molecule has 1 N–H and O–H groups in total. The minimum atomic E-state index is -0.377. The summed E-state index contributed by atoms with van der Waals surface area (Å²) < 4.78 is 22.4. The lowest BCUT2D eigenvalue weighted by Crippen LogP contribution is -2.44. The second-order valence-corrected chi connectivity index (χ2v) is 10.9. The molecule has 1 saturated heterocycles. The number of nitrogens with one attached hydrogen (secondary N) is 1. The number of piperidine rings is 1. The smallest absolute Gasteiger partial charge is 0.221 e. The molecule has 0 bridgehead atoms. The number of rotatable bonds is 10. The van der Waals surface area contributed by atoms with Gasteiger partial charge < -0.3 is 14.5 Å². The standard InChI is InChI=1S/C35H35FN4O2/c36-29-14-7-13-28(21-29)31(22-34(41)38-30-16-19-39(20-17-30)24-26-9-3-1-4-10-26)32-23-37-35-33(15-8-18-40(32)35)42-25-27-11-5-2-6-12-27/h1-15,18,21,23,30-31H,16-17,19-20,22,24-25H2,(H,38,41). The van der Waals surface area contributed by atoms with E-state index in [0.717, 1.165) is 49.3 Å². The van der Waals surface area contributed by atoms with Crippen molar-refractivity contribution in [2.45, 2.75) is 44.4 Å². The van der Waals surface area contributed by atoms with E-state index in [9.17, 15) is 9.18 Å². The predicted molar refractivity (Wildman–Crippen MR) is 162 cm³/mol. The van der Waals surface area contributed by atoms with E-state index >= 15 is 0 Å². The third-order valence-electron chi connectivity index (χ3n) is 7.97. The number of hydrogen-bond donors (Lipinski definition) is 1. The van der Waals surface area contributed by atoms with Crippen LogP contribution in [-0.4, -0.2) is 39.3 Å². The molecule has 6 nitrogen and oxygen atoms in total. The number of fused-ring (bicyclic) bond motifs is 1. The fourth-order valence-electron chi connectivity index (χ4n) is 5.78. The molecule has 0 aliphatic carbocycles. The number of ether oxygens (including phenoxy) is 1. The van der Waals surface area contributed by atoms with Crippen molar-refractivity contribution in [3.8, 4) is 5.75 Å². The summed E-state index contributed by atoms with van der Waals surface area (Å²) in [6.45, 7) is 3.22. The first-order valence-corrected chi connectivity index (χ1v) is 14.6. The number of amides is 1. The molecule has 5 aromatic rings. The summed E-state index contributed by atoms with van der Waals surface area (Å²) in [5, 5.41) is 3.26. The van der Waals surface area contributed by atoms with Crippen molar-refractivity contribution in [3.05, 3.63) is 138 Å². The Morgan fingerprint density at radius 2 is 1.67 bits per heavy atom. The molecule has 2 aromatic heterocycles. The van der Waals surface area contributed by atoms with Crippen molar-refractivity contribution in [3.63, 3.8) is 0 Å². The van der Waals surface area contributed by atoms with Crippen LogP contribution in [0.25, 0.3) is 5.65 Å². The summed E-state index contributed by atoms with van der Waals surface area (Å²) in [6, 6.07) is 30.9. The number of hydrogen-bond acceptors (Lipinski definition) is 4. The average Bonchev–Trinajstić information content (AvgIpc) is 3.45. The number of benzene rings is 3. The van der Waals surface area contributed by atoms with E-state index in [0.29, 0.717) is 18.0 Å². The monoisotopic (exact) mass is 562 g/mol. The Labute approximate surface area is 245 Å². The lowest BCUT2D eigenvalue weighted by Gasteiger charge is -2.32. The van der Waals surface area contributed by atoms with Crippen LogP contribution in [0.5, 0.6) is 5.75 Å². The van der Waals surface area contributed by atoms with E-state index < -0.39 is 0 Å². The minimum Gasteiger partial charge on any atom is -0.485 e. The number of carbonyl (C=O) groups is 1. The molecule has 0 saturated carbocycles. The highest BCUT2D eigenvalue weighted by molar-refractivity contribution is 5.78. The lowest BCUT2D eigenvalue weighted by atomic mass is 9.92. The van der Waals surface area contributed by atoms with Gasteiger partial charge in [0.15, 0.2) is 11.4 Å². The van der Waals surface area contributed by atoms with E-state index in [1.54, 1.807) is 12.3 Å². The molecule has 0 spiro atoms. The van der Waals surface area contributed by atoms with E-state index in [4.69, 9.17) is 4.74 Å². The molecular formula is C35H35FN4O2. The van der Waals surface area contributed by atoms with Gasteiger partial charge in [-0.05, 0) is 53.8 Å². The van der Waals surface area contributed by atoms with E-state index in [2.05, 4.69) is 39.5 Å². The van der Waals surface area contributed by atoms with Crippen LogP contribution in [0.1, 0.15) is 47.6 Å². The number of pyridine rings is 1. The van der Waals surface area contributed by atoms with Gasteiger partial charge in [-0.15, -0.1) is 0 Å². The molecule has 0 radical (unpaired) electrons. The highest BCUT2D eigenvalue weighted by atomic mass is 19.1. The van der Waals surface area contributed by atoms with Gasteiger partial charge in [0.2, 0.25) is 5.91 Å². The first kappa shape index (κ1) is 27.7. The third kappa shape index (κ3) is 6.69. The zero-order chi connectivity index (χ0) is 28.7. The van der Waals surface area contributed by atoms with Crippen LogP contribution in [0.2, 0.25) is 0 Å². The van der Waals surface area contributed by atoms with Gasteiger partial charge in [0.1, 0.15) is 12.4 Å². The maximum absolute atomic E-state index is 14.4. The van der Waals surface area contributed by atoms with Gasteiger partial charge in [0.25, 0.3) is 0 Å². The van der Waals surface area contributed by atoms with Crippen molar-refractivity contribution in [2.75, 3.05) is 13.1 Å². The summed E-state index contributed by atoms with van der Waals surface area (Å²) in [7, 11) is 0. The largest absolute Gasteiger partial charge is 0.485 e. The van der Waals surface area contributed by atoms with Gasteiger partial charge in [-0.3, -0.25) is 9.69 Å². The number of halogens is 1. The second-order valence-electron chi connectivity index (χ2n) is 10.9. The van der Waals surface area contributed by atoms with Gasteiger partial charge in [0.05, 0.1) is 5.69 Å². The number of carbonyl (C=O) groups excluding carboxylic acids is 1. The molecule has 214 valence electrons. The van der Waals surface area contributed by atoms with Gasteiger partial charge in [-0.25, -0.2) is 9.37 Å². The highest BCUT2D eigenvalue weighted by Gasteiger charge is 2.26. The van der Waals surface area contributed by atoms with Crippen LogP contribution in [0.4, 0.5) is 4.39 Å². The Morgan fingerprint density at radius 1 is 0.929 bits per heavy atom. The maximum atomic E-state index is 14.4. The highest BCUT2D eigenvalue weighted by Crippen LogP contribution is 2.32. The molecule has 1 fully saturated rings. The topological polar surface area (TPSA) is 58.9 Å². The third-order valence-corrected chi connectivity index (χ3v) is 7.97. The van der Waals surface area contributed by atoms with Gasteiger partial charge in [-0.2, -0.15) is 0 Å². The van der Waals surface area contributed by atoms with Crippen molar-refractivity contribution in [1.82, 2.24) is 19.6 Å². The SMILES string of the molecule is O=C(CC(c1cccc(F)c1)c1cnc2c(OCc3ccccc3)cccn12)NC1CCN(Cc2ccccc2)CC1. The second kappa shape index (κ2) is 13.0. The molecule has 7 heteroatoms. The van der Waals surface area contributed by atoms with Crippen LogP contribution in [0.3, 0.4) is 0 Å². The quantitative estimate of drug-likeness (QED) is 0.215. The fraction of sp³-hybridized carbons (Fsp3) is 0.257. The van der Waals surface area contributed by atoms with Crippen molar-refractivity contribution in [2.24, 2.45) is 0 Å². The molecule has 1 amide bonds. The fourth-order valence-corrected chi connectivity index (χ4v) is 5.78. The van der Waals surface area contributed by atoms with Gasteiger partial charge in [-0.1, -0.05) is 72.8 Å². The first-order chi connectivity index (χ1) is 20.6. The number of nitrogens with zero attached hydrogens (tertiary/aromatic N) is 3. The Balaban J connectivity index is 1.16. The van der Waals surface area contributed by atoms with Crippen LogP contribution in [0, 0.1) is 5.82 Å². The van der Waals surface area contributed by atoms with Gasteiger partial charge >= 0.3 is 0 Å². The summed E-state index contributed by atoms with van der Waals surface area (Å²) in [5.74, 6) is -0.0999. The van der Waals surface area contributed by atoms with E-state index in [1.807, 2.05) is 65.2 Å². The lowest BCUT2D eigenvalue weighted by molar-refractivity contribution is -0.122. The van der Waals surface area contributed by atoms with Gasteiger partial charge in [0, 0.05) is 50.4 Å². The Kier molecular flexibility index (Phi) is 8.56. The molecule has 42 heavy (non-hydrogen) atoms. The van der Waals surface area contributed by atoms with Crippen LogP contribution < -0.4 is 10.1 Å². The van der Waals surface area contributed by atoms with E-state index in [1.165, 1.54) is 17.7 Å². The zero-order valence-corrected chi connectivity index (χ0v) is 23.5. The van der Waals surface area contributed by atoms with Crippen LogP contribution >= 0.6 is 0 Å². The predicted octanol–water partition coefficient (Wildman–Crippen LogP) is 6.36. The van der Waals surface area contributed by atoms with Crippen LogP contribution in [-0.2, 0) is 17.9 Å². The Morgan fingerprint density at radius 3 is 2.40 bits per heavy atom. The minimum absolute atomic E-state index is 0.0443. The summed E-state index contributed by atoms with van der Waals surface area (Å²) in [4.78, 5) is 20.5. The van der Waals surface area contributed by atoms with Crippen molar-refractivity contribution in [1.29, 1.82) is 0 Å². The normalized spacial score (nSPS) is 15.0. The Bertz CT molecular complexity index is 1610. The number of imidazole rings is 1. The Hall–Kier alpha value is -4.49. The maximum Gasteiger partial charge on any atom is 0.221 e.